The van der Waals surface area contributed by atoms with E-state index < -0.39 is 6.04 Å². The van der Waals surface area contributed by atoms with Gasteiger partial charge in [-0.3, -0.25) is 19.4 Å². The summed E-state index contributed by atoms with van der Waals surface area (Å²) in [5.74, 6) is 0.806. The first kappa shape index (κ1) is 27.3. The molecule has 5 rings (SSSR count). The van der Waals surface area contributed by atoms with Gasteiger partial charge in [0.25, 0.3) is 5.91 Å². The minimum absolute atomic E-state index is 0.0675. The Morgan fingerprint density at radius 2 is 1.79 bits per heavy atom. The molecular weight excluding hydrogens is 490 g/mol. The molecule has 1 aromatic heterocycles. The number of carbonyl (C=O) groups is 3. The van der Waals surface area contributed by atoms with E-state index in [0.717, 1.165) is 44.9 Å². The highest BCUT2D eigenvalue weighted by molar-refractivity contribution is 5.98. The first-order valence-corrected chi connectivity index (χ1v) is 14.6. The normalized spacial score (nSPS) is 24.8. The van der Waals surface area contributed by atoms with Crippen LogP contribution in [0.25, 0.3) is 0 Å². The number of carbonyl (C=O) groups excluding carboxylic acids is 3. The molecule has 3 amide bonds. The van der Waals surface area contributed by atoms with Gasteiger partial charge in [0.2, 0.25) is 11.8 Å². The molecule has 0 radical (unpaired) electrons. The van der Waals surface area contributed by atoms with E-state index >= 15 is 0 Å². The minimum atomic E-state index is -0.622. The minimum Gasteiger partial charge on any atom is -0.354 e. The van der Waals surface area contributed by atoms with E-state index in [1.165, 1.54) is 5.56 Å². The van der Waals surface area contributed by atoms with Crippen molar-refractivity contribution < 1.29 is 14.4 Å². The average molecular weight is 532 g/mol. The topological polar surface area (TPSA) is 109 Å². The van der Waals surface area contributed by atoms with Gasteiger partial charge in [-0.15, -0.1) is 0 Å². The molecule has 39 heavy (non-hydrogen) atoms. The van der Waals surface area contributed by atoms with E-state index in [0.29, 0.717) is 50.0 Å². The molecule has 3 N–H and O–H groups in total. The summed E-state index contributed by atoms with van der Waals surface area (Å²) < 4.78 is 0. The highest BCUT2D eigenvalue weighted by atomic mass is 16.2. The predicted octanol–water partition coefficient (Wildman–Crippen LogP) is 3.03. The summed E-state index contributed by atoms with van der Waals surface area (Å²) in [6.07, 6.45) is 10.6. The van der Waals surface area contributed by atoms with Gasteiger partial charge in [-0.2, -0.15) is 0 Å². The second-order valence-electron chi connectivity index (χ2n) is 11.5. The molecule has 8 heteroatoms. The number of amides is 3. The first-order valence-electron chi connectivity index (χ1n) is 14.6. The van der Waals surface area contributed by atoms with Crippen molar-refractivity contribution in [3.8, 4) is 0 Å². The number of aromatic nitrogens is 1. The van der Waals surface area contributed by atoms with Crippen molar-refractivity contribution in [3.05, 3.63) is 66.0 Å². The quantitative estimate of drug-likeness (QED) is 0.490. The molecule has 0 spiro atoms. The SMILES string of the molecule is NCC1CCCC(CNC(=O)C2CC(N(CCc3ccccc3)C(=O)C3CC3)CN2C(=O)c2cccnc2)C1. The number of likely N-dealkylation sites (tertiary alicyclic amines) is 1. The van der Waals surface area contributed by atoms with Crippen LogP contribution in [-0.2, 0) is 16.0 Å². The van der Waals surface area contributed by atoms with Crippen LogP contribution in [-0.4, -0.2) is 70.8 Å². The van der Waals surface area contributed by atoms with Gasteiger partial charge in [0.05, 0.1) is 11.6 Å². The first-order chi connectivity index (χ1) is 19.0. The van der Waals surface area contributed by atoms with Crippen molar-refractivity contribution in [1.82, 2.24) is 20.1 Å². The van der Waals surface area contributed by atoms with Gasteiger partial charge >= 0.3 is 0 Å². The second kappa shape index (κ2) is 12.7. The molecule has 1 aliphatic heterocycles. The van der Waals surface area contributed by atoms with Gasteiger partial charge in [-0.05, 0) is 81.0 Å². The Balaban J connectivity index is 1.32. The van der Waals surface area contributed by atoms with Crippen LogP contribution >= 0.6 is 0 Å². The van der Waals surface area contributed by atoms with Gasteiger partial charge in [0, 0.05) is 37.9 Å². The van der Waals surface area contributed by atoms with Crippen molar-refractivity contribution >= 4 is 17.7 Å². The zero-order valence-corrected chi connectivity index (χ0v) is 22.7. The standard InChI is InChI=1S/C31H41N5O3/c32-18-23-8-4-9-24(16-23)19-34-29(37)28-17-27(21-36(28)31(39)26-10-5-14-33-20-26)35(30(38)25-11-12-25)15-13-22-6-2-1-3-7-22/h1-3,5-7,10,14,20,23-25,27-28H,4,8-9,11-13,15-19,21,32H2,(H,34,37). The molecule has 2 aromatic rings. The molecule has 2 aliphatic carbocycles. The number of benzene rings is 1. The van der Waals surface area contributed by atoms with E-state index in [2.05, 4.69) is 22.4 Å². The maximum atomic E-state index is 13.6. The summed E-state index contributed by atoms with van der Waals surface area (Å²) in [6, 6.07) is 12.8. The van der Waals surface area contributed by atoms with Crippen molar-refractivity contribution in [1.29, 1.82) is 0 Å². The number of rotatable bonds is 10. The zero-order chi connectivity index (χ0) is 27.2. The van der Waals surface area contributed by atoms with Crippen LogP contribution in [0.5, 0.6) is 0 Å². The molecule has 8 nitrogen and oxygen atoms in total. The fourth-order valence-electron chi connectivity index (χ4n) is 6.26. The Hall–Kier alpha value is -3.26. The van der Waals surface area contributed by atoms with Gasteiger partial charge in [0.1, 0.15) is 6.04 Å². The number of hydrogen-bond donors (Lipinski definition) is 2. The monoisotopic (exact) mass is 531 g/mol. The Kier molecular flexibility index (Phi) is 8.91. The molecule has 3 fully saturated rings. The molecular formula is C31H41N5O3. The Morgan fingerprint density at radius 3 is 2.51 bits per heavy atom. The number of hydrogen-bond acceptors (Lipinski definition) is 5. The van der Waals surface area contributed by atoms with Crippen molar-refractivity contribution in [3.63, 3.8) is 0 Å². The third-order valence-electron chi connectivity index (χ3n) is 8.68. The molecule has 3 aliphatic rings. The number of pyridine rings is 1. The van der Waals surface area contributed by atoms with Gasteiger partial charge in [-0.25, -0.2) is 0 Å². The third kappa shape index (κ3) is 6.85. The fourth-order valence-corrected chi connectivity index (χ4v) is 6.26. The second-order valence-corrected chi connectivity index (χ2v) is 11.5. The highest BCUT2D eigenvalue weighted by Crippen LogP contribution is 2.34. The Labute approximate surface area is 231 Å². The number of nitrogens with zero attached hydrogens (tertiary/aromatic N) is 3. The molecule has 1 aromatic carbocycles. The summed E-state index contributed by atoms with van der Waals surface area (Å²) in [7, 11) is 0. The maximum absolute atomic E-state index is 13.6. The van der Waals surface area contributed by atoms with Gasteiger partial charge in [-0.1, -0.05) is 36.8 Å². The maximum Gasteiger partial charge on any atom is 0.256 e. The number of nitrogens with two attached hydrogens (primary N) is 1. The van der Waals surface area contributed by atoms with Crippen LogP contribution in [0.2, 0.25) is 0 Å². The summed E-state index contributed by atoms with van der Waals surface area (Å²) in [4.78, 5) is 48.4. The smallest absolute Gasteiger partial charge is 0.256 e. The molecule has 0 bridgehead atoms. The van der Waals surface area contributed by atoms with Crippen LogP contribution in [0.4, 0.5) is 0 Å². The van der Waals surface area contributed by atoms with Crippen LogP contribution < -0.4 is 11.1 Å². The summed E-state index contributed by atoms with van der Waals surface area (Å²) in [5, 5.41) is 3.16. The van der Waals surface area contributed by atoms with Crippen LogP contribution in [0.1, 0.15) is 60.9 Å². The molecule has 208 valence electrons. The lowest BCUT2D eigenvalue weighted by molar-refractivity contribution is -0.135. The van der Waals surface area contributed by atoms with Crippen LogP contribution in [0.3, 0.4) is 0 Å². The van der Waals surface area contributed by atoms with Crippen LogP contribution in [0, 0.1) is 17.8 Å². The third-order valence-corrected chi connectivity index (χ3v) is 8.68. The summed E-state index contributed by atoms with van der Waals surface area (Å²) >= 11 is 0. The molecule has 2 saturated carbocycles. The van der Waals surface area contributed by atoms with E-state index in [1.54, 1.807) is 29.4 Å². The van der Waals surface area contributed by atoms with E-state index in [1.807, 2.05) is 23.1 Å². The van der Waals surface area contributed by atoms with Gasteiger partial charge < -0.3 is 20.9 Å². The lowest BCUT2D eigenvalue weighted by Gasteiger charge is -2.29. The lowest BCUT2D eigenvalue weighted by Crippen LogP contribution is -2.47. The molecule has 2 heterocycles. The zero-order valence-electron chi connectivity index (χ0n) is 22.7. The fraction of sp³-hybridized carbons (Fsp3) is 0.548. The number of nitrogens with one attached hydrogen (secondary N) is 1. The molecule has 4 atom stereocenters. The van der Waals surface area contributed by atoms with Crippen molar-refractivity contribution in [2.24, 2.45) is 23.5 Å². The van der Waals surface area contributed by atoms with E-state index in [9.17, 15) is 14.4 Å². The molecule has 1 saturated heterocycles. The Morgan fingerprint density at radius 1 is 1.00 bits per heavy atom. The summed E-state index contributed by atoms with van der Waals surface area (Å²) in [6.45, 7) is 2.22. The average Bonchev–Trinajstić information content (AvgIpc) is 3.75. The highest BCUT2D eigenvalue weighted by Gasteiger charge is 2.45. The summed E-state index contributed by atoms with van der Waals surface area (Å²) in [5.41, 5.74) is 7.54. The Bertz CT molecular complexity index is 1120. The lowest BCUT2D eigenvalue weighted by atomic mass is 9.81. The largest absolute Gasteiger partial charge is 0.354 e. The van der Waals surface area contributed by atoms with Gasteiger partial charge in [0.15, 0.2) is 0 Å². The van der Waals surface area contributed by atoms with E-state index in [-0.39, 0.29) is 29.7 Å². The predicted molar refractivity (Wildman–Crippen MR) is 150 cm³/mol. The van der Waals surface area contributed by atoms with E-state index in [4.69, 9.17) is 5.73 Å². The van der Waals surface area contributed by atoms with Crippen molar-refractivity contribution in [2.75, 3.05) is 26.2 Å². The van der Waals surface area contributed by atoms with Crippen molar-refractivity contribution in [2.45, 2.75) is 63.5 Å². The molecule has 4 unspecified atom stereocenters. The van der Waals surface area contributed by atoms with Crippen LogP contribution in [0.15, 0.2) is 54.9 Å².